The molecule has 0 saturated carbocycles. The predicted molar refractivity (Wildman–Crippen MR) is 102 cm³/mol. The molecule has 6 nitrogen and oxygen atoms in total. The number of H-pyrrole nitrogens is 1. The Labute approximate surface area is 150 Å². The van der Waals surface area contributed by atoms with Crippen LogP contribution >= 0.6 is 0 Å². The number of amides is 1. The highest BCUT2D eigenvalue weighted by Crippen LogP contribution is 2.36. The average Bonchev–Trinajstić information content (AvgIpc) is 3.10. The van der Waals surface area contributed by atoms with Crippen LogP contribution in [0.5, 0.6) is 5.75 Å². The van der Waals surface area contributed by atoms with Gasteiger partial charge in [-0.3, -0.25) is 10.2 Å². The van der Waals surface area contributed by atoms with Crippen molar-refractivity contribution in [3.8, 4) is 17.1 Å². The van der Waals surface area contributed by atoms with Crippen molar-refractivity contribution in [1.29, 1.82) is 0 Å². The van der Waals surface area contributed by atoms with Gasteiger partial charge >= 0.3 is 0 Å². The molecule has 0 saturated heterocycles. The number of nitrogens with one attached hydrogen (secondary N) is 2. The van der Waals surface area contributed by atoms with Crippen molar-refractivity contribution in [2.75, 3.05) is 6.61 Å². The Morgan fingerprint density at radius 3 is 2.85 bits per heavy atom. The summed E-state index contributed by atoms with van der Waals surface area (Å²) in [5.74, 6) is 6.34. The maximum absolute atomic E-state index is 11.8. The zero-order valence-electron chi connectivity index (χ0n) is 14.2. The molecule has 26 heavy (non-hydrogen) atoms. The second-order valence-electron chi connectivity index (χ2n) is 5.88. The predicted octanol–water partition coefficient (Wildman–Crippen LogP) is 3.39. The van der Waals surface area contributed by atoms with Crippen LogP contribution < -0.4 is 16.0 Å². The quantitative estimate of drug-likeness (QED) is 0.300. The highest BCUT2D eigenvalue weighted by atomic mass is 16.5. The van der Waals surface area contributed by atoms with Gasteiger partial charge in [-0.2, -0.15) is 0 Å². The maximum atomic E-state index is 11.8. The summed E-state index contributed by atoms with van der Waals surface area (Å²) >= 11 is 0. The van der Waals surface area contributed by atoms with Crippen molar-refractivity contribution in [3.05, 3.63) is 60.2 Å². The molecule has 4 N–H and O–H groups in total. The first kappa shape index (κ1) is 16.1. The molecule has 130 valence electrons. The van der Waals surface area contributed by atoms with Gasteiger partial charge < -0.3 is 9.72 Å². The number of hydrogen-bond acceptors (Lipinski definition) is 4. The van der Waals surface area contributed by atoms with E-state index in [1.54, 1.807) is 18.2 Å². The van der Waals surface area contributed by atoms with Crippen LogP contribution in [0.15, 0.2) is 54.6 Å². The number of rotatable bonds is 4. The summed E-state index contributed by atoms with van der Waals surface area (Å²) in [5.41, 5.74) is 5.05. The summed E-state index contributed by atoms with van der Waals surface area (Å²) in [6.07, 6.45) is 0. The van der Waals surface area contributed by atoms with Gasteiger partial charge in [0, 0.05) is 5.56 Å². The molecule has 0 radical (unpaired) electrons. The van der Waals surface area contributed by atoms with Crippen molar-refractivity contribution in [2.24, 2.45) is 5.84 Å². The smallest absolute Gasteiger partial charge is 0.265 e. The van der Waals surface area contributed by atoms with E-state index >= 15 is 0 Å². The minimum atomic E-state index is -0.344. The zero-order valence-corrected chi connectivity index (χ0v) is 14.2. The van der Waals surface area contributed by atoms with Crippen molar-refractivity contribution < 1.29 is 9.53 Å². The number of hydrazine groups is 1. The van der Waals surface area contributed by atoms with Crippen LogP contribution in [-0.2, 0) is 0 Å². The summed E-state index contributed by atoms with van der Waals surface area (Å²) < 4.78 is 5.83. The first-order valence-corrected chi connectivity index (χ1v) is 8.37. The largest absolute Gasteiger partial charge is 0.493 e. The fraction of sp³-hybridized carbons (Fsp3) is 0.100. The number of ether oxygens (including phenoxy) is 1. The van der Waals surface area contributed by atoms with Gasteiger partial charge in [-0.25, -0.2) is 10.8 Å². The molecule has 1 aromatic heterocycles. The Hall–Kier alpha value is -3.38. The molecule has 0 bridgehead atoms. The van der Waals surface area contributed by atoms with E-state index in [1.165, 1.54) is 0 Å². The number of nitrogens with two attached hydrogens (primary N) is 1. The Bertz CT molecular complexity index is 1120. The Kier molecular flexibility index (Phi) is 4.02. The van der Waals surface area contributed by atoms with E-state index in [4.69, 9.17) is 15.6 Å². The van der Waals surface area contributed by atoms with Gasteiger partial charge in [0.15, 0.2) is 0 Å². The number of nitrogen functional groups attached to an aromatic ring is 1. The fourth-order valence-corrected chi connectivity index (χ4v) is 3.12. The Morgan fingerprint density at radius 2 is 2.04 bits per heavy atom. The average molecular weight is 346 g/mol. The van der Waals surface area contributed by atoms with Gasteiger partial charge in [-0.1, -0.05) is 30.3 Å². The molecule has 0 aliphatic heterocycles. The lowest BCUT2D eigenvalue weighted by Crippen LogP contribution is -2.29. The lowest BCUT2D eigenvalue weighted by atomic mass is 10.0. The van der Waals surface area contributed by atoms with Crippen LogP contribution in [-0.4, -0.2) is 22.5 Å². The summed E-state index contributed by atoms with van der Waals surface area (Å²) in [4.78, 5) is 19.8. The second kappa shape index (κ2) is 6.50. The lowest BCUT2D eigenvalue weighted by molar-refractivity contribution is 0.0954. The summed E-state index contributed by atoms with van der Waals surface area (Å²) in [7, 11) is 0. The van der Waals surface area contributed by atoms with Gasteiger partial charge in [0.25, 0.3) is 5.91 Å². The molecule has 0 aliphatic rings. The normalized spacial score (nSPS) is 11.0. The third kappa shape index (κ3) is 2.66. The number of imidazole rings is 1. The van der Waals surface area contributed by atoms with E-state index in [9.17, 15) is 4.79 Å². The number of fused-ring (bicyclic) bond motifs is 2. The van der Waals surface area contributed by atoms with Crippen molar-refractivity contribution in [2.45, 2.75) is 6.92 Å². The Morgan fingerprint density at radius 1 is 1.19 bits per heavy atom. The van der Waals surface area contributed by atoms with Crippen LogP contribution in [0, 0.1) is 0 Å². The maximum Gasteiger partial charge on any atom is 0.265 e. The SMILES string of the molecule is CCOc1ccc2ccccc2c1-c1nc2ccc(C(=O)NN)cc2[nH]1. The third-order valence-corrected chi connectivity index (χ3v) is 4.30. The molecule has 1 amide bonds. The number of carbonyl (C=O) groups excluding carboxylic acids is 1. The van der Waals surface area contributed by atoms with E-state index in [0.717, 1.165) is 33.1 Å². The molecule has 1 heterocycles. The summed E-state index contributed by atoms with van der Waals surface area (Å²) in [6, 6.07) is 17.3. The number of aromatic nitrogens is 2. The number of nitrogens with zero attached hydrogens (tertiary/aromatic N) is 1. The zero-order chi connectivity index (χ0) is 18.1. The number of benzene rings is 3. The second-order valence-corrected chi connectivity index (χ2v) is 5.88. The van der Waals surface area contributed by atoms with Crippen molar-refractivity contribution >= 4 is 27.7 Å². The number of aromatic amines is 1. The number of hydrogen-bond donors (Lipinski definition) is 3. The van der Waals surface area contributed by atoms with Crippen LogP contribution in [0.3, 0.4) is 0 Å². The van der Waals surface area contributed by atoms with Crippen molar-refractivity contribution in [3.63, 3.8) is 0 Å². The van der Waals surface area contributed by atoms with Gasteiger partial charge in [0.1, 0.15) is 11.6 Å². The first-order valence-electron chi connectivity index (χ1n) is 8.37. The highest BCUT2D eigenvalue weighted by molar-refractivity contribution is 6.01. The number of carbonyl (C=O) groups is 1. The van der Waals surface area contributed by atoms with Crippen molar-refractivity contribution in [1.82, 2.24) is 15.4 Å². The van der Waals surface area contributed by atoms with E-state index in [0.29, 0.717) is 18.0 Å². The Balaban J connectivity index is 1.94. The lowest BCUT2D eigenvalue weighted by Gasteiger charge is -2.11. The molecular weight excluding hydrogens is 328 g/mol. The van der Waals surface area contributed by atoms with Crippen LogP contribution in [0.4, 0.5) is 0 Å². The minimum Gasteiger partial charge on any atom is -0.493 e. The van der Waals surface area contributed by atoms with E-state index in [2.05, 4.69) is 16.5 Å². The standard InChI is InChI=1S/C20H18N4O2/c1-2-26-17-10-8-12-5-3-4-6-14(12)18(17)19-22-15-9-7-13(20(25)24-21)11-16(15)23-19/h3-11H,2,21H2,1H3,(H,22,23)(H,24,25). The summed E-state index contributed by atoms with van der Waals surface area (Å²) in [6.45, 7) is 2.52. The van der Waals surface area contributed by atoms with Gasteiger partial charge in [-0.15, -0.1) is 0 Å². The molecular formula is C20H18N4O2. The van der Waals surface area contributed by atoms with Gasteiger partial charge in [-0.05, 0) is 42.0 Å². The monoisotopic (exact) mass is 346 g/mol. The molecule has 4 aromatic rings. The van der Waals surface area contributed by atoms with Gasteiger partial charge in [0.2, 0.25) is 0 Å². The van der Waals surface area contributed by atoms with E-state index in [1.807, 2.05) is 37.3 Å². The van der Waals surface area contributed by atoms with Crippen LogP contribution in [0.1, 0.15) is 17.3 Å². The highest BCUT2D eigenvalue weighted by Gasteiger charge is 2.16. The van der Waals surface area contributed by atoms with Crippen LogP contribution in [0.25, 0.3) is 33.2 Å². The molecule has 0 unspecified atom stereocenters. The topological polar surface area (TPSA) is 93.0 Å². The summed E-state index contributed by atoms with van der Waals surface area (Å²) in [5, 5.41) is 2.16. The minimum absolute atomic E-state index is 0.344. The van der Waals surface area contributed by atoms with E-state index in [-0.39, 0.29) is 5.91 Å². The third-order valence-electron chi connectivity index (χ3n) is 4.30. The first-order chi connectivity index (χ1) is 12.7. The fourth-order valence-electron chi connectivity index (χ4n) is 3.12. The molecule has 0 atom stereocenters. The molecule has 4 rings (SSSR count). The molecule has 0 spiro atoms. The molecule has 0 aliphatic carbocycles. The van der Waals surface area contributed by atoms with E-state index < -0.39 is 0 Å². The molecule has 3 aromatic carbocycles. The van der Waals surface area contributed by atoms with Crippen LogP contribution in [0.2, 0.25) is 0 Å². The van der Waals surface area contributed by atoms with Gasteiger partial charge in [0.05, 0.1) is 23.2 Å². The molecule has 6 heteroatoms. The molecule has 0 fully saturated rings.